The monoisotopic (exact) mass is 373 g/mol. The Morgan fingerprint density at radius 3 is 2.50 bits per heavy atom. The Labute approximate surface area is 164 Å². The predicted octanol–water partition coefficient (Wildman–Crippen LogP) is 3.89. The first kappa shape index (κ1) is 19.3. The summed E-state index contributed by atoms with van der Waals surface area (Å²) in [6, 6.07) is 19.1. The van der Waals surface area contributed by atoms with Crippen LogP contribution in [-0.4, -0.2) is 16.8 Å². The Morgan fingerprint density at radius 1 is 0.964 bits per heavy atom. The quantitative estimate of drug-likeness (QED) is 0.660. The number of nitrogens with one attached hydrogen (secondary N) is 2. The van der Waals surface area contributed by atoms with Crippen LogP contribution in [0.1, 0.15) is 33.5 Å². The minimum absolute atomic E-state index is 0.0236. The lowest BCUT2D eigenvalue weighted by Gasteiger charge is -2.08. The molecule has 0 saturated carbocycles. The number of aryl methyl sites for hydroxylation is 2. The Balaban J connectivity index is 1.45. The highest BCUT2D eigenvalue weighted by atomic mass is 16.2. The fourth-order valence-electron chi connectivity index (χ4n) is 2.82. The number of carbonyl (C=O) groups excluding carboxylic acids is 2. The van der Waals surface area contributed by atoms with E-state index in [4.69, 9.17) is 0 Å². The maximum Gasteiger partial charge on any atom is 0.257 e. The summed E-state index contributed by atoms with van der Waals surface area (Å²) in [5.41, 5.74) is 4.55. The van der Waals surface area contributed by atoms with Gasteiger partial charge in [-0.2, -0.15) is 0 Å². The zero-order valence-corrected chi connectivity index (χ0v) is 15.8. The fraction of sp³-hybridized carbons (Fsp3) is 0.174. The number of carbonyl (C=O) groups is 2. The van der Waals surface area contributed by atoms with E-state index in [1.165, 1.54) is 17.3 Å². The van der Waals surface area contributed by atoms with E-state index in [1.807, 2.05) is 49.4 Å². The first-order valence-electron chi connectivity index (χ1n) is 9.23. The zero-order chi connectivity index (χ0) is 19.8. The molecule has 2 N–H and O–H groups in total. The lowest BCUT2D eigenvalue weighted by Crippen LogP contribution is -2.23. The van der Waals surface area contributed by atoms with Crippen LogP contribution in [0, 0.1) is 6.92 Å². The normalized spacial score (nSPS) is 10.3. The molecule has 0 radical (unpaired) electrons. The van der Waals surface area contributed by atoms with Crippen LogP contribution in [-0.2, 0) is 17.8 Å². The van der Waals surface area contributed by atoms with Crippen LogP contribution in [0.3, 0.4) is 0 Å². The van der Waals surface area contributed by atoms with Crippen molar-refractivity contribution in [2.24, 2.45) is 0 Å². The second-order valence-corrected chi connectivity index (χ2v) is 6.66. The lowest BCUT2D eigenvalue weighted by atomic mass is 10.1. The van der Waals surface area contributed by atoms with Gasteiger partial charge in [-0.25, -0.2) is 0 Å². The minimum Gasteiger partial charge on any atom is -0.352 e. The highest BCUT2D eigenvalue weighted by molar-refractivity contribution is 6.04. The number of pyridine rings is 1. The van der Waals surface area contributed by atoms with E-state index in [1.54, 1.807) is 18.3 Å². The van der Waals surface area contributed by atoms with Gasteiger partial charge in [0.1, 0.15) is 0 Å². The second-order valence-electron chi connectivity index (χ2n) is 6.66. The molecule has 3 rings (SSSR count). The molecule has 28 heavy (non-hydrogen) atoms. The number of anilines is 1. The van der Waals surface area contributed by atoms with Gasteiger partial charge < -0.3 is 10.6 Å². The summed E-state index contributed by atoms with van der Waals surface area (Å²) in [4.78, 5) is 28.1. The zero-order valence-electron chi connectivity index (χ0n) is 15.8. The average molecular weight is 373 g/mol. The molecule has 0 aliphatic carbocycles. The minimum atomic E-state index is -0.203. The molecule has 1 aromatic heterocycles. The van der Waals surface area contributed by atoms with Crippen molar-refractivity contribution in [3.8, 4) is 0 Å². The number of benzene rings is 2. The molecule has 142 valence electrons. The Hall–Kier alpha value is -3.47. The van der Waals surface area contributed by atoms with Crippen LogP contribution >= 0.6 is 0 Å². The summed E-state index contributed by atoms with van der Waals surface area (Å²) in [5, 5.41) is 5.76. The summed E-state index contributed by atoms with van der Waals surface area (Å²) >= 11 is 0. The lowest BCUT2D eigenvalue weighted by molar-refractivity contribution is -0.121. The molecule has 5 nitrogen and oxygen atoms in total. The Kier molecular flexibility index (Phi) is 6.52. The highest BCUT2D eigenvalue weighted by Gasteiger charge is 2.06. The van der Waals surface area contributed by atoms with Gasteiger partial charge in [0.2, 0.25) is 5.91 Å². The summed E-state index contributed by atoms with van der Waals surface area (Å²) in [5.74, 6) is -0.180. The average Bonchev–Trinajstić information content (AvgIpc) is 2.72. The van der Waals surface area contributed by atoms with E-state index >= 15 is 0 Å². The van der Waals surface area contributed by atoms with Crippen LogP contribution in [0.5, 0.6) is 0 Å². The number of aromatic nitrogens is 1. The van der Waals surface area contributed by atoms with Gasteiger partial charge in [0.25, 0.3) is 5.91 Å². The number of hydrogen-bond donors (Lipinski definition) is 2. The fourth-order valence-corrected chi connectivity index (χ4v) is 2.82. The van der Waals surface area contributed by atoms with Gasteiger partial charge in [-0.15, -0.1) is 0 Å². The summed E-state index contributed by atoms with van der Waals surface area (Å²) in [6.07, 6.45) is 4.34. The molecule has 0 saturated heterocycles. The molecule has 2 amide bonds. The van der Waals surface area contributed by atoms with Gasteiger partial charge in [-0.3, -0.25) is 14.6 Å². The third kappa shape index (κ3) is 5.77. The summed E-state index contributed by atoms with van der Waals surface area (Å²) in [7, 11) is 0. The molecule has 0 bridgehead atoms. The maximum atomic E-state index is 12.1. The van der Waals surface area contributed by atoms with Gasteiger partial charge in [-0.05, 0) is 48.7 Å². The van der Waals surface area contributed by atoms with E-state index in [0.29, 0.717) is 24.2 Å². The topological polar surface area (TPSA) is 71.1 Å². The number of nitrogens with zero attached hydrogens (tertiary/aromatic N) is 1. The molecule has 0 fully saturated rings. The van der Waals surface area contributed by atoms with Gasteiger partial charge in [0.15, 0.2) is 0 Å². The maximum absolute atomic E-state index is 12.1. The van der Waals surface area contributed by atoms with Crippen molar-refractivity contribution in [3.63, 3.8) is 0 Å². The first-order valence-corrected chi connectivity index (χ1v) is 9.23. The molecule has 0 aliphatic rings. The predicted molar refractivity (Wildman–Crippen MR) is 110 cm³/mol. The number of amides is 2. The molecule has 0 unspecified atom stereocenters. The van der Waals surface area contributed by atoms with Gasteiger partial charge in [0, 0.05) is 31.0 Å². The smallest absolute Gasteiger partial charge is 0.257 e. The van der Waals surface area contributed by atoms with Crippen molar-refractivity contribution < 1.29 is 9.59 Å². The molecule has 0 aliphatic heterocycles. The third-order valence-electron chi connectivity index (χ3n) is 4.35. The molecular formula is C23H23N3O2. The number of hydrogen-bond acceptors (Lipinski definition) is 3. The highest BCUT2D eigenvalue weighted by Crippen LogP contribution is 2.11. The van der Waals surface area contributed by atoms with Crippen molar-refractivity contribution >= 4 is 17.5 Å². The largest absolute Gasteiger partial charge is 0.352 e. The Morgan fingerprint density at radius 2 is 1.79 bits per heavy atom. The van der Waals surface area contributed by atoms with Gasteiger partial charge >= 0.3 is 0 Å². The standard InChI is InChI=1S/C23H23N3O2/c1-17-4-2-5-18(14-17)9-12-22(27)25-15-19-7-10-21(11-8-19)26-23(28)20-6-3-13-24-16-20/h2-8,10-11,13-14,16H,9,12,15H2,1H3,(H,25,27)(H,26,28). The van der Waals surface area contributed by atoms with Crippen LogP contribution in [0.4, 0.5) is 5.69 Å². The van der Waals surface area contributed by atoms with Crippen molar-refractivity contribution in [3.05, 3.63) is 95.3 Å². The van der Waals surface area contributed by atoms with Gasteiger partial charge in [-0.1, -0.05) is 42.0 Å². The second kappa shape index (κ2) is 9.46. The van der Waals surface area contributed by atoms with Gasteiger partial charge in [0.05, 0.1) is 5.56 Å². The Bertz CT molecular complexity index is 938. The van der Waals surface area contributed by atoms with Crippen molar-refractivity contribution in [1.29, 1.82) is 0 Å². The first-order chi connectivity index (χ1) is 13.6. The summed E-state index contributed by atoms with van der Waals surface area (Å²) in [6.45, 7) is 2.51. The van der Waals surface area contributed by atoms with Crippen molar-refractivity contribution in [2.45, 2.75) is 26.3 Å². The van der Waals surface area contributed by atoms with E-state index < -0.39 is 0 Å². The molecule has 0 atom stereocenters. The molecule has 1 heterocycles. The van der Waals surface area contributed by atoms with E-state index in [0.717, 1.165) is 12.0 Å². The van der Waals surface area contributed by atoms with Crippen molar-refractivity contribution in [2.75, 3.05) is 5.32 Å². The van der Waals surface area contributed by atoms with Crippen LogP contribution in [0.2, 0.25) is 0 Å². The van der Waals surface area contributed by atoms with E-state index in [9.17, 15) is 9.59 Å². The van der Waals surface area contributed by atoms with Crippen LogP contribution in [0.25, 0.3) is 0 Å². The van der Waals surface area contributed by atoms with Crippen LogP contribution < -0.4 is 10.6 Å². The molecular weight excluding hydrogens is 350 g/mol. The SMILES string of the molecule is Cc1cccc(CCC(=O)NCc2ccc(NC(=O)c3cccnc3)cc2)c1. The molecule has 3 aromatic rings. The van der Waals surface area contributed by atoms with Crippen LogP contribution in [0.15, 0.2) is 73.1 Å². The van der Waals surface area contributed by atoms with Crippen molar-refractivity contribution in [1.82, 2.24) is 10.3 Å². The molecule has 2 aromatic carbocycles. The van der Waals surface area contributed by atoms with E-state index in [2.05, 4.69) is 21.7 Å². The molecule has 0 spiro atoms. The third-order valence-corrected chi connectivity index (χ3v) is 4.35. The number of rotatable bonds is 7. The summed E-state index contributed by atoms with van der Waals surface area (Å²) < 4.78 is 0. The van der Waals surface area contributed by atoms with E-state index in [-0.39, 0.29) is 11.8 Å². The molecule has 5 heteroatoms.